The van der Waals surface area contributed by atoms with Gasteiger partial charge in [-0.15, -0.1) is 10.2 Å². The molecule has 2 heterocycles. The van der Waals surface area contributed by atoms with Gasteiger partial charge in [0.1, 0.15) is 21.2 Å². The third kappa shape index (κ3) is 8.52. The van der Waals surface area contributed by atoms with Crippen LogP contribution < -0.4 is 0 Å². The third-order valence-electron chi connectivity index (χ3n) is 6.58. The van der Waals surface area contributed by atoms with Crippen LogP contribution in [0.4, 0.5) is 0 Å². The molecule has 0 spiro atoms. The van der Waals surface area contributed by atoms with Gasteiger partial charge < -0.3 is 0 Å². The first kappa shape index (κ1) is 36.8. The van der Waals surface area contributed by atoms with Crippen molar-refractivity contribution >= 4 is 135 Å². The van der Waals surface area contributed by atoms with Gasteiger partial charge in [-0.05, 0) is 35.4 Å². The summed E-state index contributed by atoms with van der Waals surface area (Å²) in [6, 6.07) is 26.9. The Balaban J connectivity index is 0.00000240. The summed E-state index contributed by atoms with van der Waals surface area (Å²) in [4.78, 5) is 1.55. The molecule has 12 nitrogen and oxygen atoms in total. The van der Waals surface area contributed by atoms with E-state index in [2.05, 4.69) is 20.4 Å². The molecule has 0 radical (unpaired) electrons. The first-order valence-corrected chi connectivity index (χ1v) is 15.8. The van der Waals surface area contributed by atoms with Crippen LogP contribution in [0.1, 0.15) is 11.1 Å². The summed E-state index contributed by atoms with van der Waals surface area (Å²) in [5, 5.41) is 17.2. The molecule has 0 saturated heterocycles. The van der Waals surface area contributed by atoms with E-state index in [4.69, 9.17) is 0 Å². The Labute approximate surface area is 349 Å². The average molecular weight is 707 g/mol. The van der Waals surface area contributed by atoms with Crippen LogP contribution in [0.15, 0.2) is 119 Å². The SMILES string of the molecule is O=S(=O)(O)c1cc(-n2ncc(-c3ccccc3)n2)ccc1/C=C/c1ccc(-n2ncc(-c3ccccc3)n2)cc1S(=O)(=O)O.[KH].[KH]. The van der Waals surface area contributed by atoms with Gasteiger partial charge in [-0.3, -0.25) is 9.11 Å². The Hall–Kier alpha value is -2.01. The fourth-order valence-electron chi connectivity index (χ4n) is 4.45. The molecule has 2 N–H and O–H groups in total. The molecule has 0 saturated carbocycles. The Morgan fingerprint density at radius 1 is 0.543 bits per heavy atom. The molecule has 224 valence electrons. The van der Waals surface area contributed by atoms with Crippen molar-refractivity contribution < 1.29 is 25.9 Å². The van der Waals surface area contributed by atoms with Crippen LogP contribution in [-0.2, 0) is 20.2 Å². The zero-order chi connectivity index (χ0) is 30.9. The Bertz CT molecular complexity index is 2080. The van der Waals surface area contributed by atoms with Crippen LogP contribution in [-0.4, -0.2) is 159 Å². The van der Waals surface area contributed by atoms with Crippen molar-refractivity contribution in [2.45, 2.75) is 9.79 Å². The van der Waals surface area contributed by atoms with Crippen molar-refractivity contribution in [2.75, 3.05) is 0 Å². The zero-order valence-electron chi connectivity index (χ0n) is 22.6. The Morgan fingerprint density at radius 2 is 0.913 bits per heavy atom. The Morgan fingerprint density at radius 3 is 1.26 bits per heavy atom. The second-order valence-corrected chi connectivity index (χ2v) is 12.3. The van der Waals surface area contributed by atoms with E-state index < -0.39 is 30.0 Å². The van der Waals surface area contributed by atoms with Crippen molar-refractivity contribution in [1.82, 2.24) is 30.0 Å². The average Bonchev–Trinajstić information content (AvgIpc) is 3.71. The number of hydrogen-bond acceptors (Lipinski definition) is 8. The summed E-state index contributed by atoms with van der Waals surface area (Å²) >= 11 is 0. The van der Waals surface area contributed by atoms with E-state index in [1.165, 1.54) is 58.4 Å². The van der Waals surface area contributed by atoms with Gasteiger partial charge in [0, 0.05) is 11.1 Å². The predicted molar refractivity (Wildman–Crippen MR) is 176 cm³/mol. The van der Waals surface area contributed by atoms with Gasteiger partial charge in [0.25, 0.3) is 20.2 Å². The molecule has 0 fully saturated rings. The minimum atomic E-state index is -4.72. The van der Waals surface area contributed by atoms with E-state index in [1.54, 1.807) is 12.1 Å². The van der Waals surface area contributed by atoms with Crippen LogP contribution in [0, 0.1) is 0 Å². The number of nitrogens with zero attached hydrogens (tertiary/aromatic N) is 6. The van der Waals surface area contributed by atoms with Gasteiger partial charge in [-0.25, -0.2) is 0 Å². The van der Waals surface area contributed by atoms with E-state index in [1.807, 2.05) is 60.7 Å². The molecule has 0 bridgehead atoms. The van der Waals surface area contributed by atoms with E-state index in [0.717, 1.165) is 11.1 Å². The fraction of sp³-hybridized carbons (Fsp3) is 0. The van der Waals surface area contributed by atoms with Gasteiger partial charge >= 0.3 is 103 Å². The number of benzene rings is 4. The summed E-state index contributed by atoms with van der Waals surface area (Å²) in [6.45, 7) is 0. The van der Waals surface area contributed by atoms with Gasteiger partial charge in [-0.1, -0.05) is 84.9 Å². The third-order valence-corrected chi connectivity index (χ3v) is 8.40. The molecule has 4 aromatic carbocycles. The normalized spacial score (nSPS) is 11.6. The topological polar surface area (TPSA) is 170 Å². The monoisotopic (exact) mass is 706 g/mol. The van der Waals surface area contributed by atoms with Crippen LogP contribution in [0.5, 0.6) is 0 Å². The van der Waals surface area contributed by atoms with Crippen LogP contribution in [0.3, 0.4) is 0 Å². The maximum atomic E-state index is 12.3. The summed E-state index contributed by atoms with van der Waals surface area (Å²) in [7, 11) is -9.45. The fourth-order valence-corrected chi connectivity index (χ4v) is 5.86. The first-order chi connectivity index (χ1) is 21.1. The quantitative estimate of drug-likeness (QED) is 0.136. The number of hydrogen-bond donors (Lipinski definition) is 2. The maximum absolute atomic E-state index is 12.3. The van der Waals surface area contributed by atoms with Crippen LogP contribution in [0.25, 0.3) is 46.0 Å². The van der Waals surface area contributed by atoms with E-state index >= 15 is 0 Å². The summed E-state index contributed by atoms with van der Waals surface area (Å²) in [5.74, 6) is 0. The van der Waals surface area contributed by atoms with Crippen molar-refractivity contribution in [3.8, 4) is 33.9 Å². The van der Waals surface area contributed by atoms with Crippen molar-refractivity contribution in [3.63, 3.8) is 0 Å². The standard InChI is InChI=1S/C30H22N6O6S2.2K.2H/c37-43(38,39)29-17-25(35-31-19-27(33-35)21-7-3-1-4-8-21)15-13-23(29)11-12-24-14-16-26(18-30(24)44(40,41)42)36-32-20-28(34-36)22-9-5-2-6-10-22;;;;/h1-20H,(H,37,38,39)(H,40,41,42);;;;/b12-11+;;;;. The zero-order valence-corrected chi connectivity index (χ0v) is 24.2. The number of aromatic nitrogens is 6. The molecule has 0 aliphatic carbocycles. The second-order valence-electron chi connectivity index (χ2n) is 9.50. The predicted octanol–water partition coefficient (Wildman–Crippen LogP) is 3.55. The van der Waals surface area contributed by atoms with Crippen molar-refractivity contribution in [1.29, 1.82) is 0 Å². The molecule has 0 unspecified atom stereocenters. The summed E-state index contributed by atoms with van der Waals surface area (Å²) < 4.78 is 69.3. The van der Waals surface area contributed by atoms with Crippen LogP contribution >= 0.6 is 0 Å². The van der Waals surface area contributed by atoms with Gasteiger partial charge in [0.05, 0.1) is 23.8 Å². The summed E-state index contributed by atoms with van der Waals surface area (Å²) in [6.07, 6.45) is 5.67. The van der Waals surface area contributed by atoms with Gasteiger partial charge in [0.2, 0.25) is 0 Å². The van der Waals surface area contributed by atoms with Gasteiger partial charge in [-0.2, -0.15) is 36.6 Å². The van der Waals surface area contributed by atoms with E-state index in [0.29, 0.717) is 11.4 Å². The molecule has 0 amide bonds. The molecule has 0 aliphatic rings. The molecular formula is C30H24K2N6O6S2. The Kier molecular flexibility index (Phi) is 12.4. The molecule has 46 heavy (non-hydrogen) atoms. The molecule has 6 rings (SSSR count). The van der Waals surface area contributed by atoms with Crippen LogP contribution in [0.2, 0.25) is 0 Å². The molecule has 16 heteroatoms. The number of rotatable bonds is 8. The molecule has 0 aliphatic heterocycles. The minimum absolute atomic E-state index is 0. The van der Waals surface area contributed by atoms with Gasteiger partial charge in [0.15, 0.2) is 0 Å². The molecule has 6 aromatic rings. The molecule has 0 atom stereocenters. The molecular weight excluding hydrogens is 683 g/mol. The summed E-state index contributed by atoms with van der Waals surface area (Å²) in [5.41, 5.74) is 3.39. The van der Waals surface area contributed by atoms with E-state index in [9.17, 15) is 25.9 Å². The second kappa shape index (κ2) is 15.5. The molecule has 2 aromatic heterocycles. The first-order valence-electron chi connectivity index (χ1n) is 12.9. The van der Waals surface area contributed by atoms with Crippen molar-refractivity contribution in [2.24, 2.45) is 0 Å². The van der Waals surface area contributed by atoms with E-state index in [-0.39, 0.29) is 125 Å². The van der Waals surface area contributed by atoms with Crippen molar-refractivity contribution in [3.05, 3.63) is 121 Å².